The fraction of sp³-hybridized carbons (Fsp3) is 0.355. The summed E-state index contributed by atoms with van der Waals surface area (Å²) in [6, 6.07) is 25.0. The highest BCUT2D eigenvalue weighted by Gasteiger charge is 2.31. The molecule has 1 atom stereocenters. The van der Waals surface area contributed by atoms with Crippen molar-refractivity contribution >= 4 is 23.4 Å². The molecule has 4 rings (SSSR count). The molecule has 4 nitrogen and oxygen atoms in total. The highest BCUT2D eigenvalue weighted by Crippen LogP contribution is 2.21. The molecule has 3 aromatic carbocycles. The molecule has 0 bridgehead atoms. The van der Waals surface area contributed by atoms with Crippen molar-refractivity contribution in [2.75, 3.05) is 0 Å². The zero-order valence-electron chi connectivity index (χ0n) is 21.0. The zero-order chi connectivity index (χ0) is 25.3. The normalized spacial score (nSPS) is 14.7. The van der Waals surface area contributed by atoms with Gasteiger partial charge in [-0.1, -0.05) is 103 Å². The summed E-state index contributed by atoms with van der Waals surface area (Å²) < 4.78 is 0. The Morgan fingerprint density at radius 2 is 1.50 bits per heavy atom. The minimum atomic E-state index is -0.608. The first-order chi connectivity index (χ1) is 17.5. The molecule has 1 N–H and O–H groups in total. The maximum absolute atomic E-state index is 13.8. The Morgan fingerprint density at radius 1 is 0.861 bits per heavy atom. The lowest BCUT2D eigenvalue weighted by atomic mass is 9.94. The van der Waals surface area contributed by atoms with Crippen LogP contribution in [-0.2, 0) is 29.0 Å². The molecule has 188 valence electrons. The first kappa shape index (κ1) is 26.0. The molecule has 3 aromatic rings. The maximum Gasteiger partial charge on any atom is 0.243 e. The van der Waals surface area contributed by atoms with Crippen LogP contribution >= 0.6 is 11.6 Å². The van der Waals surface area contributed by atoms with Crippen LogP contribution in [0.2, 0.25) is 5.02 Å². The number of amides is 2. The number of hydrogen-bond donors (Lipinski definition) is 1. The van der Waals surface area contributed by atoms with Crippen LogP contribution in [0.3, 0.4) is 0 Å². The SMILES string of the molecule is Cc1ccc(CC(=O)N(Cc2ccc(Cl)cc2)[C@@H](Cc2ccccc2)C(=O)NC2CCCCC2)cc1. The Labute approximate surface area is 219 Å². The minimum Gasteiger partial charge on any atom is -0.352 e. The first-order valence-electron chi connectivity index (χ1n) is 12.9. The van der Waals surface area contributed by atoms with Gasteiger partial charge in [-0.05, 0) is 48.6 Å². The van der Waals surface area contributed by atoms with Crippen molar-refractivity contribution in [1.82, 2.24) is 10.2 Å². The van der Waals surface area contributed by atoms with Gasteiger partial charge in [0.15, 0.2) is 0 Å². The van der Waals surface area contributed by atoms with Gasteiger partial charge in [-0.25, -0.2) is 0 Å². The molecule has 0 radical (unpaired) electrons. The average molecular weight is 503 g/mol. The average Bonchev–Trinajstić information content (AvgIpc) is 2.89. The van der Waals surface area contributed by atoms with E-state index >= 15 is 0 Å². The predicted molar refractivity (Wildman–Crippen MR) is 146 cm³/mol. The van der Waals surface area contributed by atoms with E-state index in [9.17, 15) is 9.59 Å². The molecule has 0 spiro atoms. The molecule has 1 fully saturated rings. The fourth-order valence-electron chi connectivity index (χ4n) is 4.87. The van der Waals surface area contributed by atoms with E-state index in [1.807, 2.05) is 85.8 Å². The van der Waals surface area contributed by atoms with E-state index in [2.05, 4.69) is 5.32 Å². The van der Waals surface area contributed by atoms with Crippen LogP contribution in [0.5, 0.6) is 0 Å². The van der Waals surface area contributed by atoms with Crippen LogP contribution in [0.15, 0.2) is 78.9 Å². The van der Waals surface area contributed by atoms with Gasteiger partial charge in [0.1, 0.15) is 6.04 Å². The van der Waals surface area contributed by atoms with Gasteiger partial charge >= 0.3 is 0 Å². The Hall–Kier alpha value is -3.11. The highest BCUT2D eigenvalue weighted by atomic mass is 35.5. The summed E-state index contributed by atoms with van der Waals surface area (Å²) >= 11 is 6.11. The summed E-state index contributed by atoms with van der Waals surface area (Å²) in [6.07, 6.45) is 6.20. The van der Waals surface area contributed by atoms with Gasteiger partial charge in [0.05, 0.1) is 6.42 Å². The van der Waals surface area contributed by atoms with Crippen LogP contribution in [0.1, 0.15) is 54.4 Å². The van der Waals surface area contributed by atoms with Crippen molar-refractivity contribution in [2.24, 2.45) is 0 Å². The molecule has 2 amide bonds. The molecule has 5 heteroatoms. The van der Waals surface area contributed by atoms with E-state index in [-0.39, 0.29) is 24.3 Å². The molecule has 1 saturated carbocycles. The number of hydrogen-bond acceptors (Lipinski definition) is 2. The summed E-state index contributed by atoms with van der Waals surface area (Å²) in [4.78, 5) is 29.4. The third kappa shape index (κ3) is 7.44. The van der Waals surface area contributed by atoms with Crippen molar-refractivity contribution in [3.8, 4) is 0 Å². The number of nitrogens with zero attached hydrogens (tertiary/aromatic N) is 1. The molecule has 0 heterocycles. The maximum atomic E-state index is 13.8. The van der Waals surface area contributed by atoms with E-state index in [1.165, 1.54) is 6.42 Å². The summed E-state index contributed by atoms with van der Waals surface area (Å²) in [5, 5.41) is 3.93. The van der Waals surface area contributed by atoms with Crippen molar-refractivity contribution in [2.45, 2.75) is 70.5 Å². The van der Waals surface area contributed by atoms with Gasteiger partial charge in [-0.2, -0.15) is 0 Å². The van der Waals surface area contributed by atoms with E-state index in [0.29, 0.717) is 18.0 Å². The van der Waals surface area contributed by atoms with Gasteiger partial charge in [0.2, 0.25) is 11.8 Å². The quantitative estimate of drug-likeness (QED) is 0.374. The number of rotatable bonds is 9. The number of benzene rings is 3. The number of halogens is 1. The number of nitrogens with one attached hydrogen (secondary N) is 1. The van der Waals surface area contributed by atoms with E-state index in [1.54, 1.807) is 4.90 Å². The lowest BCUT2D eigenvalue weighted by Crippen LogP contribution is -2.53. The van der Waals surface area contributed by atoms with E-state index in [0.717, 1.165) is 47.9 Å². The van der Waals surface area contributed by atoms with Gasteiger partial charge in [-0.3, -0.25) is 9.59 Å². The number of carbonyl (C=O) groups excluding carboxylic acids is 2. The highest BCUT2D eigenvalue weighted by molar-refractivity contribution is 6.30. The van der Waals surface area contributed by atoms with Crippen molar-refractivity contribution in [3.05, 3.63) is 106 Å². The molecular weight excluding hydrogens is 468 g/mol. The van der Waals surface area contributed by atoms with Gasteiger partial charge in [-0.15, -0.1) is 0 Å². The van der Waals surface area contributed by atoms with E-state index in [4.69, 9.17) is 11.6 Å². The zero-order valence-corrected chi connectivity index (χ0v) is 21.7. The molecule has 0 aromatic heterocycles. The summed E-state index contributed by atoms with van der Waals surface area (Å²) in [6.45, 7) is 2.38. The third-order valence-electron chi connectivity index (χ3n) is 6.96. The molecule has 36 heavy (non-hydrogen) atoms. The van der Waals surface area contributed by atoms with Crippen LogP contribution < -0.4 is 5.32 Å². The summed E-state index contributed by atoms with van der Waals surface area (Å²) in [5.41, 5.74) is 4.07. The molecule has 1 aliphatic carbocycles. The van der Waals surface area contributed by atoms with Gasteiger partial charge < -0.3 is 10.2 Å². The second-order valence-electron chi connectivity index (χ2n) is 9.86. The summed E-state index contributed by atoms with van der Waals surface area (Å²) in [5.74, 6) is -0.134. The van der Waals surface area contributed by atoms with Gasteiger partial charge in [0.25, 0.3) is 0 Å². The lowest BCUT2D eigenvalue weighted by molar-refractivity contribution is -0.141. The third-order valence-corrected chi connectivity index (χ3v) is 7.22. The molecule has 0 aliphatic heterocycles. The lowest BCUT2D eigenvalue weighted by Gasteiger charge is -2.33. The van der Waals surface area contributed by atoms with Crippen LogP contribution in [0.25, 0.3) is 0 Å². The molecule has 0 saturated heterocycles. The van der Waals surface area contributed by atoms with Crippen LogP contribution in [0.4, 0.5) is 0 Å². The van der Waals surface area contributed by atoms with Gasteiger partial charge in [0, 0.05) is 24.0 Å². The Bertz CT molecular complexity index is 1120. The smallest absolute Gasteiger partial charge is 0.243 e. The van der Waals surface area contributed by atoms with Crippen molar-refractivity contribution < 1.29 is 9.59 Å². The monoisotopic (exact) mass is 502 g/mol. The van der Waals surface area contributed by atoms with Crippen LogP contribution in [-0.4, -0.2) is 28.8 Å². The Balaban J connectivity index is 1.64. The van der Waals surface area contributed by atoms with Crippen LogP contribution in [0, 0.1) is 6.92 Å². The summed E-state index contributed by atoms with van der Waals surface area (Å²) in [7, 11) is 0. The topological polar surface area (TPSA) is 49.4 Å². The Kier molecular flexibility index (Phi) is 9.18. The Morgan fingerprint density at radius 3 is 2.17 bits per heavy atom. The molecular formula is C31H35ClN2O2. The molecule has 0 unspecified atom stereocenters. The number of carbonyl (C=O) groups is 2. The standard InChI is InChI=1S/C31H35ClN2O2/c1-23-12-14-25(15-13-23)21-30(35)34(22-26-16-18-27(32)19-17-26)29(20-24-8-4-2-5-9-24)31(36)33-28-10-6-3-7-11-28/h2,4-5,8-9,12-19,28-29H,3,6-7,10-11,20-22H2,1H3,(H,33,36)/t29-/m0/s1. The van der Waals surface area contributed by atoms with Crippen molar-refractivity contribution in [3.63, 3.8) is 0 Å². The minimum absolute atomic E-state index is 0.0615. The predicted octanol–water partition coefficient (Wildman–Crippen LogP) is 6.28. The largest absolute Gasteiger partial charge is 0.352 e. The fourth-order valence-corrected chi connectivity index (χ4v) is 4.99. The number of aryl methyl sites for hydroxylation is 1. The first-order valence-corrected chi connectivity index (χ1v) is 13.3. The van der Waals surface area contributed by atoms with E-state index < -0.39 is 6.04 Å². The van der Waals surface area contributed by atoms with Crippen molar-refractivity contribution in [1.29, 1.82) is 0 Å². The second kappa shape index (κ2) is 12.7. The second-order valence-corrected chi connectivity index (χ2v) is 10.3. The molecule has 1 aliphatic rings.